The van der Waals surface area contributed by atoms with Crippen LogP contribution in [-0.2, 0) is 5.41 Å². The van der Waals surface area contributed by atoms with Crippen LogP contribution in [0.4, 0.5) is 17.1 Å². The quantitative estimate of drug-likeness (QED) is 0.184. The molecule has 0 atom stereocenters. The predicted octanol–water partition coefficient (Wildman–Crippen LogP) is 13.8. The summed E-state index contributed by atoms with van der Waals surface area (Å²) in [5.41, 5.74) is 15.1. The monoisotopic (exact) mass is 653 g/mol. The lowest BCUT2D eigenvalue weighted by Gasteiger charge is -2.27. The van der Waals surface area contributed by atoms with Crippen LogP contribution in [0.15, 0.2) is 180 Å². The van der Waals surface area contributed by atoms with E-state index in [2.05, 4.69) is 189 Å². The van der Waals surface area contributed by atoms with Crippen molar-refractivity contribution < 1.29 is 4.42 Å². The molecule has 0 aliphatic heterocycles. The highest BCUT2D eigenvalue weighted by Crippen LogP contribution is 2.52. The Kier molecular flexibility index (Phi) is 6.56. The van der Waals surface area contributed by atoms with Crippen molar-refractivity contribution in [1.29, 1.82) is 0 Å². The van der Waals surface area contributed by atoms with Gasteiger partial charge in [-0.15, -0.1) is 0 Å². The van der Waals surface area contributed by atoms with Crippen molar-refractivity contribution in [2.24, 2.45) is 0 Å². The second kappa shape index (κ2) is 11.3. The second-order valence-corrected chi connectivity index (χ2v) is 14.1. The normalized spacial score (nSPS) is 13.1. The Morgan fingerprint density at radius 3 is 2.02 bits per heavy atom. The fourth-order valence-corrected chi connectivity index (χ4v) is 8.41. The topological polar surface area (TPSA) is 16.4 Å². The van der Waals surface area contributed by atoms with Crippen LogP contribution in [0.3, 0.4) is 0 Å². The Morgan fingerprint density at radius 1 is 0.451 bits per heavy atom. The molecule has 9 aromatic rings. The minimum Gasteiger partial charge on any atom is -0.454 e. The van der Waals surface area contributed by atoms with Crippen LogP contribution in [-0.4, -0.2) is 0 Å². The molecule has 242 valence electrons. The van der Waals surface area contributed by atoms with Crippen molar-refractivity contribution in [1.82, 2.24) is 0 Å². The van der Waals surface area contributed by atoms with E-state index < -0.39 is 0 Å². The Morgan fingerprint density at radius 2 is 1.12 bits per heavy atom. The number of para-hydroxylation sites is 2. The number of fused-ring (bicyclic) bond motifs is 7. The van der Waals surface area contributed by atoms with Gasteiger partial charge in [0.1, 0.15) is 5.58 Å². The number of hydrogen-bond acceptors (Lipinski definition) is 2. The number of hydrogen-bond donors (Lipinski definition) is 0. The maximum atomic E-state index is 6.63. The zero-order valence-electron chi connectivity index (χ0n) is 28.6. The maximum Gasteiger partial charge on any atom is 0.159 e. The Bertz CT molecular complexity index is 2780. The summed E-state index contributed by atoms with van der Waals surface area (Å²) < 4.78 is 6.63. The standard InChI is InChI=1S/C49H35NO/c1-49(2)44-21-7-5-16-40(44)42-19-10-18-39(47(42)49)33-26-28-37(29-27-33)50(45-22-11-20-43-41-17-6-8-23-46(41)51-48(43)45)38-15-9-14-35(31-38)36-25-24-32-12-3-4-13-34(32)30-36/h3-31H,1-2H3. The molecule has 8 aromatic carbocycles. The highest BCUT2D eigenvalue weighted by atomic mass is 16.3. The Balaban J connectivity index is 1.13. The molecule has 51 heavy (non-hydrogen) atoms. The SMILES string of the molecule is CC1(C)c2ccccc2-c2cccc(-c3ccc(N(c4cccc(-c5ccc6ccccc6c5)c4)c4cccc5c4oc4ccccc45)cc3)c21. The van der Waals surface area contributed by atoms with Crippen molar-refractivity contribution in [3.63, 3.8) is 0 Å². The van der Waals surface area contributed by atoms with Gasteiger partial charge in [0, 0.05) is 27.6 Å². The van der Waals surface area contributed by atoms with E-state index in [1.807, 2.05) is 6.07 Å². The molecular formula is C49H35NO. The minimum atomic E-state index is -0.0899. The van der Waals surface area contributed by atoms with Gasteiger partial charge in [0.2, 0.25) is 0 Å². The second-order valence-electron chi connectivity index (χ2n) is 14.1. The molecule has 1 aromatic heterocycles. The van der Waals surface area contributed by atoms with Gasteiger partial charge in [0.25, 0.3) is 0 Å². The lowest BCUT2D eigenvalue weighted by atomic mass is 9.79. The molecule has 1 aliphatic carbocycles. The summed E-state index contributed by atoms with van der Waals surface area (Å²) >= 11 is 0. The van der Waals surface area contributed by atoms with E-state index in [1.165, 1.54) is 55.3 Å². The van der Waals surface area contributed by atoms with Gasteiger partial charge in [0.05, 0.1) is 5.69 Å². The fourth-order valence-electron chi connectivity index (χ4n) is 8.41. The summed E-state index contributed by atoms with van der Waals surface area (Å²) in [5.74, 6) is 0. The van der Waals surface area contributed by atoms with Gasteiger partial charge in [-0.3, -0.25) is 0 Å². The molecule has 0 amide bonds. The van der Waals surface area contributed by atoms with E-state index in [1.54, 1.807) is 0 Å². The number of rotatable bonds is 5. The van der Waals surface area contributed by atoms with E-state index >= 15 is 0 Å². The molecule has 0 unspecified atom stereocenters. The van der Waals surface area contributed by atoms with E-state index in [0.29, 0.717) is 0 Å². The lowest BCUT2D eigenvalue weighted by Crippen LogP contribution is -2.16. The van der Waals surface area contributed by atoms with Crippen molar-refractivity contribution in [2.45, 2.75) is 19.3 Å². The first kappa shape index (κ1) is 29.5. The van der Waals surface area contributed by atoms with E-state index in [9.17, 15) is 0 Å². The molecule has 1 aliphatic rings. The van der Waals surface area contributed by atoms with Crippen LogP contribution in [0, 0.1) is 0 Å². The molecule has 10 rings (SSSR count). The zero-order valence-corrected chi connectivity index (χ0v) is 28.6. The maximum absolute atomic E-state index is 6.63. The molecule has 0 saturated heterocycles. The average molecular weight is 654 g/mol. The summed E-state index contributed by atoms with van der Waals surface area (Å²) in [6, 6.07) is 63.6. The largest absolute Gasteiger partial charge is 0.454 e. The minimum absolute atomic E-state index is 0.0899. The molecular weight excluding hydrogens is 619 g/mol. The van der Waals surface area contributed by atoms with Gasteiger partial charge >= 0.3 is 0 Å². The first-order valence-electron chi connectivity index (χ1n) is 17.7. The first-order chi connectivity index (χ1) is 25.0. The Hall–Kier alpha value is -6.38. The summed E-state index contributed by atoms with van der Waals surface area (Å²) in [7, 11) is 0. The lowest BCUT2D eigenvalue weighted by molar-refractivity contribution is 0.662. The van der Waals surface area contributed by atoms with Crippen molar-refractivity contribution in [3.8, 4) is 33.4 Å². The molecule has 0 fully saturated rings. The van der Waals surface area contributed by atoms with Crippen LogP contribution in [0.2, 0.25) is 0 Å². The van der Waals surface area contributed by atoms with Crippen LogP contribution in [0.1, 0.15) is 25.0 Å². The van der Waals surface area contributed by atoms with Gasteiger partial charge in [0.15, 0.2) is 5.58 Å². The van der Waals surface area contributed by atoms with Crippen LogP contribution >= 0.6 is 0 Å². The third-order valence-electron chi connectivity index (χ3n) is 10.8. The summed E-state index contributed by atoms with van der Waals surface area (Å²) in [6.07, 6.45) is 0. The van der Waals surface area contributed by atoms with Gasteiger partial charge in [-0.25, -0.2) is 0 Å². The van der Waals surface area contributed by atoms with Crippen molar-refractivity contribution in [3.05, 3.63) is 187 Å². The number of anilines is 3. The molecule has 0 spiro atoms. The zero-order chi connectivity index (χ0) is 34.1. The van der Waals surface area contributed by atoms with E-state index in [-0.39, 0.29) is 5.41 Å². The number of benzene rings is 8. The third kappa shape index (κ3) is 4.64. The van der Waals surface area contributed by atoms with Crippen LogP contribution < -0.4 is 4.90 Å². The molecule has 0 bridgehead atoms. The smallest absolute Gasteiger partial charge is 0.159 e. The summed E-state index contributed by atoms with van der Waals surface area (Å²) in [6.45, 7) is 4.71. The van der Waals surface area contributed by atoms with Gasteiger partial charge < -0.3 is 9.32 Å². The molecule has 0 radical (unpaired) electrons. The molecule has 2 nitrogen and oxygen atoms in total. The summed E-state index contributed by atoms with van der Waals surface area (Å²) in [4.78, 5) is 2.34. The fraction of sp³-hybridized carbons (Fsp3) is 0.0612. The predicted molar refractivity (Wildman–Crippen MR) is 214 cm³/mol. The number of furan rings is 1. The molecule has 0 N–H and O–H groups in total. The first-order valence-corrected chi connectivity index (χ1v) is 17.7. The van der Waals surface area contributed by atoms with Gasteiger partial charge in [-0.1, -0.05) is 147 Å². The van der Waals surface area contributed by atoms with Crippen molar-refractivity contribution >= 4 is 49.8 Å². The molecule has 2 heteroatoms. The van der Waals surface area contributed by atoms with E-state index in [4.69, 9.17) is 4.42 Å². The highest BCUT2D eigenvalue weighted by Gasteiger charge is 2.37. The third-order valence-corrected chi connectivity index (χ3v) is 10.8. The van der Waals surface area contributed by atoms with Crippen molar-refractivity contribution in [2.75, 3.05) is 4.90 Å². The average Bonchev–Trinajstić information content (AvgIpc) is 3.68. The van der Waals surface area contributed by atoms with Crippen LogP contribution in [0.25, 0.3) is 66.1 Å². The van der Waals surface area contributed by atoms with E-state index in [0.717, 1.165) is 39.0 Å². The Labute approximate surface area is 297 Å². The van der Waals surface area contributed by atoms with Crippen LogP contribution in [0.5, 0.6) is 0 Å². The molecule has 0 saturated carbocycles. The number of nitrogens with zero attached hydrogens (tertiary/aromatic N) is 1. The van der Waals surface area contributed by atoms with Gasteiger partial charge in [-0.2, -0.15) is 0 Å². The highest BCUT2D eigenvalue weighted by molar-refractivity contribution is 6.10. The van der Waals surface area contributed by atoms with Gasteiger partial charge in [-0.05, 0) is 97.7 Å². The summed E-state index contributed by atoms with van der Waals surface area (Å²) in [5, 5.41) is 4.71. The molecule has 1 heterocycles.